The zero-order valence-corrected chi connectivity index (χ0v) is 12.3. The van der Waals surface area contributed by atoms with E-state index in [9.17, 15) is 9.18 Å². The molecule has 2 rings (SSSR count). The number of benzene rings is 1. The quantitative estimate of drug-likeness (QED) is 0.658. The van der Waals surface area contributed by atoms with Gasteiger partial charge in [-0.2, -0.15) is 0 Å². The van der Waals surface area contributed by atoms with Gasteiger partial charge in [-0.1, -0.05) is 23.4 Å². The fourth-order valence-electron chi connectivity index (χ4n) is 1.67. The molecule has 1 aromatic heterocycles. The molecule has 0 radical (unpaired) electrons. The lowest BCUT2D eigenvalue weighted by Gasteiger charge is -2.13. The van der Waals surface area contributed by atoms with Crippen LogP contribution in [0, 0.1) is 5.82 Å². The van der Waals surface area contributed by atoms with Crippen molar-refractivity contribution in [2.24, 2.45) is 5.16 Å². The molecular weight excluding hydrogens is 291 g/mol. The summed E-state index contributed by atoms with van der Waals surface area (Å²) in [4.78, 5) is 17.6. The Kier molecular flexibility index (Phi) is 5.45. The zero-order chi connectivity index (χ0) is 15.1. The van der Waals surface area contributed by atoms with Gasteiger partial charge in [0, 0.05) is 4.88 Å². The lowest BCUT2D eigenvalue weighted by Crippen LogP contribution is -2.29. The van der Waals surface area contributed by atoms with E-state index in [0.717, 1.165) is 10.4 Å². The summed E-state index contributed by atoms with van der Waals surface area (Å²) >= 11 is 1.53. The Morgan fingerprint density at radius 2 is 2.19 bits per heavy atom. The standard InChI is InChI=1S/C15H15FN2O2S/c1-11(12-4-6-13(16)7-5-12)18-15(19)10-20-17-9-14-3-2-8-21-14/h2-9,11H,10H2,1H3,(H,18,19)/b17-9-/t11-/m1/s1. The summed E-state index contributed by atoms with van der Waals surface area (Å²) in [6.45, 7) is 1.66. The van der Waals surface area contributed by atoms with Crippen LogP contribution < -0.4 is 5.32 Å². The van der Waals surface area contributed by atoms with Crippen molar-refractivity contribution < 1.29 is 14.0 Å². The third-order valence-corrected chi connectivity index (χ3v) is 3.55. The molecular formula is C15H15FN2O2S. The van der Waals surface area contributed by atoms with Gasteiger partial charge >= 0.3 is 0 Å². The second-order valence-electron chi connectivity index (χ2n) is 4.36. The summed E-state index contributed by atoms with van der Waals surface area (Å²) in [6, 6.07) is 9.58. The van der Waals surface area contributed by atoms with E-state index in [-0.39, 0.29) is 24.4 Å². The number of oxime groups is 1. The summed E-state index contributed by atoms with van der Waals surface area (Å²) in [7, 11) is 0. The Labute approximate surface area is 126 Å². The molecule has 0 spiro atoms. The summed E-state index contributed by atoms with van der Waals surface area (Å²) in [5, 5.41) is 8.40. The van der Waals surface area contributed by atoms with E-state index < -0.39 is 0 Å². The van der Waals surface area contributed by atoms with Gasteiger partial charge in [0.1, 0.15) is 5.82 Å². The van der Waals surface area contributed by atoms with Crippen molar-refractivity contribution in [2.75, 3.05) is 6.61 Å². The average Bonchev–Trinajstić information content (AvgIpc) is 2.97. The maximum absolute atomic E-state index is 12.8. The molecule has 4 nitrogen and oxygen atoms in total. The van der Waals surface area contributed by atoms with Crippen LogP contribution in [0.5, 0.6) is 0 Å². The van der Waals surface area contributed by atoms with Gasteiger partial charge in [0.05, 0.1) is 12.3 Å². The number of hydrogen-bond donors (Lipinski definition) is 1. The Morgan fingerprint density at radius 1 is 1.43 bits per heavy atom. The number of halogens is 1. The normalized spacial score (nSPS) is 12.3. The van der Waals surface area contributed by atoms with Crippen LogP contribution in [-0.2, 0) is 9.63 Å². The van der Waals surface area contributed by atoms with Gasteiger partial charge in [-0.15, -0.1) is 11.3 Å². The predicted octanol–water partition coefficient (Wildman–Crippen LogP) is 3.12. The molecule has 21 heavy (non-hydrogen) atoms. The first-order valence-electron chi connectivity index (χ1n) is 6.39. The minimum absolute atomic E-state index is 0.159. The van der Waals surface area contributed by atoms with Crippen LogP contribution in [0.4, 0.5) is 4.39 Å². The molecule has 0 saturated heterocycles. The molecule has 0 aliphatic carbocycles. The van der Waals surface area contributed by atoms with Gasteiger partial charge in [0.15, 0.2) is 6.61 Å². The molecule has 0 aliphatic heterocycles. The molecule has 0 bridgehead atoms. The predicted molar refractivity (Wildman–Crippen MR) is 80.8 cm³/mol. The van der Waals surface area contributed by atoms with Crippen molar-refractivity contribution >= 4 is 23.5 Å². The maximum Gasteiger partial charge on any atom is 0.261 e. The molecule has 0 fully saturated rings. The third-order valence-electron chi connectivity index (χ3n) is 2.74. The molecule has 2 aromatic rings. The van der Waals surface area contributed by atoms with Crippen LogP contribution in [0.1, 0.15) is 23.4 Å². The van der Waals surface area contributed by atoms with Gasteiger partial charge in [0.25, 0.3) is 5.91 Å². The van der Waals surface area contributed by atoms with E-state index in [1.54, 1.807) is 18.3 Å². The van der Waals surface area contributed by atoms with Crippen LogP contribution in [0.15, 0.2) is 46.9 Å². The van der Waals surface area contributed by atoms with E-state index in [4.69, 9.17) is 4.84 Å². The lowest BCUT2D eigenvalue weighted by molar-refractivity contribution is -0.126. The van der Waals surface area contributed by atoms with E-state index in [1.807, 2.05) is 24.4 Å². The first kappa shape index (κ1) is 15.2. The molecule has 0 unspecified atom stereocenters. The Balaban J connectivity index is 1.75. The van der Waals surface area contributed by atoms with E-state index in [1.165, 1.54) is 23.5 Å². The highest BCUT2D eigenvalue weighted by atomic mass is 32.1. The van der Waals surface area contributed by atoms with Crippen molar-refractivity contribution in [3.63, 3.8) is 0 Å². The van der Waals surface area contributed by atoms with Gasteiger partial charge < -0.3 is 10.2 Å². The molecule has 0 aliphatic rings. The summed E-state index contributed by atoms with van der Waals surface area (Å²) < 4.78 is 12.8. The van der Waals surface area contributed by atoms with Crippen LogP contribution in [0.2, 0.25) is 0 Å². The Morgan fingerprint density at radius 3 is 2.86 bits per heavy atom. The molecule has 1 heterocycles. The van der Waals surface area contributed by atoms with Crippen LogP contribution in [0.25, 0.3) is 0 Å². The van der Waals surface area contributed by atoms with E-state index in [2.05, 4.69) is 10.5 Å². The highest BCUT2D eigenvalue weighted by Gasteiger charge is 2.09. The molecule has 1 aromatic carbocycles. The van der Waals surface area contributed by atoms with Crippen molar-refractivity contribution in [2.45, 2.75) is 13.0 Å². The fourth-order valence-corrected chi connectivity index (χ4v) is 2.24. The van der Waals surface area contributed by atoms with Crippen LogP contribution in [0.3, 0.4) is 0 Å². The molecule has 1 amide bonds. The molecule has 6 heteroatoms. The zero-order valence-electron chi connectivity index (χ0n) is 11.5. The number of nitrogens with zero attached hydrogens (tertiary/aromatic N) is 1. The minimum Gasteiger partial charge on any atom is -0.386 e. The van der Waals surface area contributed by atoms with Crippen molar-refractivity contribution in [3.8, 4) is 0 Å². The van der Waals surface area contributed by atoms with Crippen LogP contribution >= 0.6 is 11.3 Å². The number of carbonyl (C=O) groups excluding carboxylic acids is 1. The SMILES string of the molecule is C[C@@H](NC(=O)CO/N=C\c1cccs1)c1ccc(F)cc1. The summed E-state index contributed by atoms with van der Waals surface area (Å²) in [5.41, 5.74) is 0.826. The summed E-state index contributed by atoms with van der Waals surface area (Å²) in [6.07, 6.45) is 1.56. The Bertz CT molecular complexity index is 597. The molecule has 110 valence electrons. The second kappa shape index (κ2) is 7.54. The third kappa shape index (κ3) is 5.00. The number of amides is 1. The van der Waals surface area contributed by atoms with Gasteiger partial charge in [-0.05, 0) is 36.1 Å². The second-order valence-corrected chi connectivity index (χ2v) is 5.34. The largest absolute Gasteiger partial charge is 0.386 e. The smallest absolute Gasteiger partial charge is 0.261 e. The maximum atomic E-state index is 12.8. The number of nitrogens with one attached hydrogen (secondary N) is 1. The number of carbonyl (C=O) groups is 1. The topological polar surface area (TPSA) is 50.7 Å². The minimum atomic E-state index is -0.302. The van der Waals surface area contributed by atoms with Gasteiger partial charge in [-0.3, -0.25) is 4.79 Å². The van der Waals surface area contributed by atoms with Crippen LogP contribution in [-0.4, -0.2) is 18.7 Å². The summed E-state index contributed by atoms with van der Waals surface area (Å²) in [5.74, 6) is -0.585. The van der Waals surface area contributed by atoms with E-state index >= 15 is 0 Å². The van der Waals surface area contributed by atoms with Gasteiger partial charge in [0.2, 0.25) is 0 Å². The number of thiophene rings is 1. The number of rotatable bonds is 6. The first-order valence-corrected chi connectivity index (χ1v) is 7.27. The number of hydrogen-bond acceptors (Lipinski definition) is 4. The average molecular weight is 306 g/mol. The van der Waals surface area contributed by atoms with E-state index in [0.29, 0.717) is 0 Å². The first-order chi connectivity index (χ1) is 10.1. The van der Waals surface area contributed by atoms with Crippen molar-refractivity contribution in [3.05, 3.63) is 58.0 Å². The molecule has 1 atom stereocenters. The Hall–Kier alpha value is -2.21. The highest BCUT2D eigenvalue weighted by molar-refractivity contribution is 7.11. The molecule has 0 saturated carbocycles. The highest BCUT2D eigenvalue weighted by Crippen LogP contribution is 2.12. The van der Waals surface area contributed by atoms with Crippen molar-refractivity contribution in [1.29, 1.82) is 0 Å². The lowest BCUT2D eigenvalue weighted by atomic mass is 10.1. The van der Waals surface area contributed by atoms with Crippen molar-refractivity contribution in [1.82, 2.24) is 5.32 Å². The van der Waals surface area contributed by atoms with Gasteiger partial charge in [-0.25, -0.2) is 4.39 Å². The molecule has 1 N–H and O–H groups in total. The monoisotopic (exact) mass is 306 g/mol. The fraction of sp³-hybridized carbons (Fsp3) is 0.200.